The summed E-state index contributed by atoms with van der Waals surface area (Å²) in [7, 11) is 1.95. The molecular formula is C14H18N4OS2. The normalized spacial score (nSPS) is 14.4. The molecule has 7 heteroatoms. The Hall–Kier alpha value is -1.34. The van der Waals surface area contributed by atoms with E-state index in [0.29, 0.717) is 11.8 Å². The molecule has 0 aromatic carbocycles. The fourth-order valence-electron chi connectivity index (χ4n) is 2.04. The van der Waals surface area contributed by atoms with Crippen LogP contribution >= 0.6 is 23.1 Å². The molecule has 1 aliphatic rings. The SMILES string of the molecule is Cc1scc(-c2nnc(SCC(=O)NC3CC3)n2C)c1C. The molecule has 5 nitrogen and oxygen atoms in total. The summed E-state index contributed by atoms with van der Waals surface area (Å²) in [6.45, 7) is 4.21. The van der Waals surface area contributed by atoms with Crippen LogP contribution in [0.4, 0.5) is 0 Å². The molecule has 3 rings (SSSR count). The van der Waals surface area contributed by atoms with E-state index in [1.54, 1.807) is 11.3 Å². The van der Waals surface area contributed by atoms with E-state index in [2.05, 4.69) is 34.7 Å². The highest BCUT2D eigenvalue weighted by atomic mass is 32.2. The van der Waals surface area contributed by atoms with E-state index >= 15 is 0 Å². The van der Waals surface area contributed by atoms with E-state index in [-0.39, 0.29) is 5.91 Å². The standard InChI is InChI=1S/C14H18N4OS2/c1-8-9(2)20-6-11(8)13-16-17-14(18(13)3)21-7-12(19)15-10-4-5-10/h6,10H,4-5,7H2,1-3H3,(H,15,19). The van der Waals surface area contributed by atoms with Crippen molar-refractivity contribution in [3.63, 3.8) is 0 Å². The summed E-state index contributed by atoms with van der Waals surface area (Å²) >= 11 is 3.16. The first-order valence-corrected chi connectivity index (χ1v) is 8.79. The second-order valence-electron chi connectivity index (χ2n) is 5.33. The molecule has 2 heterocycles. The van der Waals surface area contributed by atoms with Gasteiger partial charge in [-0.2, -0.15) is 0 Å². The van der Waals surface area contributed by atoms with Crippen LogP contribution in [0.5, 0.6) is 0 Å². The molecule has 0 aliphatic heterocycles. The van der Waals surface area contributed by atoms with E-state index in [9.17, 15) is 4.79 Å². The van der Waals surface area contributed by atoms with Crippen LogP contribution in [-0.2, 0) is 11.8 Å². The summed E-state index contributed by atoms with van der Waals surface area (Å²) in [5.41, 5.74) is 2.38. The number of amides is 1. The van der Waals surface area contributed by atoms with Gasteiger partial charge in [0.05, 0.1) is 5.75 Å². The van der Waals surface area contributed by atoms with Crippen LogP contribution in [-0.4, -0.2) is 32.5 Å². The number of hydrogen-bond donors (Lipinski definition) is 1. The zero-order chi connectivity index (χ0) is 15.0. The van der Waals surface area contributed by atoms with Gasteiger partial charge in [0.2, 0.25) is 5.91 Å². The van der Waals surface area contributed by atoms with E-state index in [0.717, 1.165) is 29.4 Å². The highest BCUT2D eigenvalue weighted by Gasteiger charge is 2.23. The van der Waals surface area contributed by atoms with Gasteiger partial charge >= 0.3 is 0 Å². The van der Waals surface area contributed by atoms with E-state index in [4.69, 9.17) is 0 Å². The number of thiophene rings is 1. The van der Waals surface area contributed by atoms with Gasteiger partial charge in [-0.1, -0.05) is 11.8 Å². The monoisotopic (exact) mass is 322 g/mol. The third-order valence-electron chi connectivity index (χ3n) is 3.64. The number of rotatable bonds is 5. The van der Waals surface area contributed by atoms with E-state index in [1.165, 1.54) is 22.2 Å². The first-order valence-electron chi connectivity index (χ1n) is 6.93. The number of hydrogen-bond acceptors (Lipinski definition) is 5. The highest BCUT2D eigenvalue weighted by Crippen LogP contribution is 2.30. The lowest BCUT2D eigenvalue weighted by Gasteiger charge is -2.04. The molecule has 1 saturated carbocycles. The predicted octanol–water partition coefficient (Wildman–Crippen LogP) is 2.53. The van der Waals surface area contributed by atoms with Crippen LogP contribution < -0.4 is 5.32 Å². The third-order valence-corrected chi connectivity index (χ3v) is 5.67. The van der Waals surface area contributed by atoms with Gasteiger partial charge in [-0.15, -0.1) is 21.5 Å². The summed E-state index contributed by atoms with van der Waals surface area (Å²) in [6, 6.07) is 0.407. The number of nitrogens with one attached hydrogen (secondary N) is 1. The molecular weight excluding hydrogens is 304 g/mol. The quantitative estimate of drug-likeness (QED) is 0.859. The topological polar surface area (TPSA) is 59.8 Å². The van der Waals surface area contributed by atoms with Gasteiger partial charge in [-0.25, -0.2) is 0 Å². The lowest BCUT2D eigenvalue weighted by Crippen LogP contribution is -2.27. The van der Waals surface area contributed by atoms with Crippen LogP contribution in [0.1, 0.15) is 23.3 Å². The smallest absolute Gasteiger partial charge is 0.230 e. The van der Waals surface area contributed by atoms with Crippen LogP contribution in [0.15, 0.2) is 10.5 Å². The van der Waals surface area contributed by atoms with Crippen LogP contribution in [0.2, 0.25) is 0 Å². The van der Waals surface area contributed by atoms with Crippen LogP contribution in [0, 0.1) is 13.8 Å². The van der Waals surface area contributed by atoms with Crippen molar-refractivity contribution >= 4 is 29.0 Å². The van der Waals surface area contributed by atoms with Gasteiger partial charge in [0.15, 0.2) is 11.0 Å². The molecule has 21 heavy (non-hydrogen) atoms. The Labute approximate surface area is 132 Å². The second kappa shape index (κ2) is 5.81. The van der Waals surface area contributed by atoms with Gasteiger partial charge in [-0.05, 0) is 32.3 Å². The fraction of sp³-hybridized carbons (Fsp3) is 0.500. The zero-order valence-corrected chi connectivity index (χ0v) is 14.0. The van der Waals surface area contributed by atoms with Crippen molar-refractivity contribution < 1.29 is 4.79 Å². The Morgan fingerprint density at radius 2 is 2.24 bits per heavy atom. The molecule has 112 valence electrons. The number of carbonyl (C=O) groups is 1. The average Bonchev–Trinajstić information content (AvgIpc) is 3.11. The molecule has 1 fully saturated rings. The minimum absolute atomic E-state index is 0.0783. The van der Waals surface area contributed by atoms with E-state index < -0.39 is 0 Å². The van der Waals surface area contributed by atoms with Crippen molar-refractivity contribution in [3.8, 4) is 11.4 Å². The Morgan fingerprint density at radius 1 is 1.48 bits per heavy atom. The molecule has 1 N–H and O–H groups in total. The summed E-state index contributed by atoms with van der Waals surface area (Å²) in [4.78, 5) is 13.0. The summed E-state index contributed by atoms with van der Waals surface area (Å²) < 4.78 is 1.96. The number of thioether (sulfide) groups is 1. The average molecular weight is 322 g/mol. The molecule has 0 radical (unpaired) electrons. The van der Waals surface area contributed by atoms with Gasteiger partial charge in [0, 0.05) is 28.9 Å². The Kier molecular flexibility index (Phi) is 4.03. The maximum atomic E-state index is 11.7. The largest absolute Gasteiger partial charge is 0.353 e. The molecule has 1 aliphatic carbocycles. The van der Waals surface area contributed by atoms with Crippen molar-refractivity contribution in [3.05, 3.63) is 15.8 Å². The molecule has 2 aromatic rings. The lowest BCUT2D eigenvalue weighted by molar-refractivity contribution is -0.118. The van der Waals surface area contributed by atoms with Crippen molar-refractivity contribution in [1.82, 2.24) is 20.1 Å². The third kappa shape index (κ3) is 3.13. The molecule has 0 bridgehead atoms. The van der Waals surface area contributed by atoms with Gasteiger partial charge in [-0.3, -0.25) is 4.79 Å². The van der Waals surface area contributed by atoms with Gasteiger partial charge in [0.1, 0.15) is 0 Å². The van der Waals surface area contributed by atoms with Crippen molar-refractivity contribution in [2.24, 2.45) is 7.05 Å². The first kappa shape index (κ1) is 14.6. The molecule has 0 unspecified atom stereocenters. The molecule has 0 saturated heterocycles. The Morgan fingerprint density at radius 3 is 2.86 bits per heavy atom. The second-order valence-corrected chi connectivity index (χ2v) is 7.35. The van der Waals surface area contributed by atoms with Crippen molar-refractivity contribution in [1.29, 1.82) is 0 Å². The highest BCUT2D eigenvalue weighted by molar-refractivity contribution is 7.99. The fourth-order valence-corrected chi connectivity index (χ4v) is 3.62. The number of nitrogens with zero attached hydrogens (tertiary/aromatic N) is 3. The van der Waals surface area contributed by atoms with Crippen LogP contribution in [0.25, 0.3) is 11.4 Å². The minimum atomic E-state index is 0.0783. The number of carbonyl (C=O) groups excluding carboxylic acids is 1. The molecule has 0 spiro atoms. The molecule has 0 atom stereocenters. The predicted molar refractivity (Wildman–Crippen MR) is 85.7 cm³/mol. The summed E-state index contributed by atoms with van der Waals surface area (Å²) in [5.74, 6) is 1.33. The van der Waals surface area contributed by atoms with Crippen molar-refractivity contribution in [2.45, 2.75) is 37.9 Å². The first-order chi connectivity index (χ1) is 10.1. The number of aromatic nitrogens is 3. The van der Waals surface area contributed by atoms with Gasteiger partial charge < -0.3 is 9.88 Å². The maximum Gasteiger partial charge on any atom is 0.230 e. The minimum Gasteiger partial charge on any atom is -0.353 e. The molecule has 1 amide bonds. The summed E-state index contributed by atoms with van der Waals surface area (Å²) in [6.07, 6.45) is 2.22. The van der Waals surface area contributed by atoms with E-state index in [1.807, 2.05) is 11.6 Å². The zero-order valence-electron chi connectivity index (χ0n) is 12.3. The Balaban J connectivity index is 1.70. The molecule has 2 aromatic heterocycles. The summed E-state index contributed by atoms with van der Waals surface area (Å²) in [5, 5.41) is 14.4. The lowest BCUT2D eigenvalue weighted by atomic mass is 10.2. The van der Waals surface area contributed by atoms with Gasteiger partial charge in [0.25, 0.3) is 0 Å². The Bertz CT molecular complexity index is 673. The van der Waals surface area contributed by atoms with Crippen LogP contribution in [0.3, 0.4) is 0 Å². The maximum absolute atomic E-state index is 11.7. The van der Waals surface area contributed by atoms with Crippen molar-refractivity contribution in [2.75, 3.05) is 5.75 Å². The number of aryl methyl sites for hydroxylation is 1.